The van der Waals surface area contributed by atoms with E-state index >= 15 is 0 Å². The number of hydrogen-bond donors (Lipinski definition) is 2. The van der Waals surface area contributed by atoms with Crippen LogP contribution in [0.4, 0.5) is 15.8 Å². The second-order valence-corrected chi connectivity index (χ2v) is 8.39. The van der Waals surface area contributed by atoms with Crippen LogP contribution in [0.5, 0.6) is 11.5 Å². The molecule has 0 spiro atoms. The van der Waals surface area contributed by atoms with Gasteiger partial charge in [-0.15, -0.1) is 0 Å². The average molecular weight is 524 g/mol. The highest BCUT2D eigenvalue weighted by atomic mass is 35.5. The van der Waals surface area contributed by atoms with E-state index in [9.17, 15) is 18.8 Å². The summed E-state index contributed by atoms with van der Waals surface area (Å²) in [5.41, 5.74) is 1.75. The molecule has 0 aliphatic carbocycles. The van der Waals surface area contributed by atoms with Crippen molar-refractivity contribution in [3.8, 4) is 11.5 Å². The standard InChI is InChI=1S/C27H23ClFN3O5/c1-36-21-11-6-16(14-22(21)37-2)12-13-30-25(33)17-4-3-5-19(15-17)31-24-23(28)26(34)32(27(24)35)20-9-7-18(29)8-10-20/h3-11,14-15,31H,12-13H2,1-2H3,(H,30,33). The van der Waals surface area contributed by atoms with Crippen LogP contribution in [0, 0.1) is 5.82 Å². The van der Waals surface area contributed by atoms with Crippen LogP contribution in [0.25, 0.3) is 0 Å². The summed E-state index contributed by atoms with van der Waals surface area (Å²) in [5.74, 6) is -1.00. The monoisotopic (exact) mass is 523 g/mol. The van der Waals surface area contributed by atoms with Gasteiger partial charge in [0.15, 0.2) is 11.5 Å². The number of ether oxygens (including phenoxy) is 2. The van der Waals surface area contributed by atoms with E-state index in [4.69, 9.17) is 21.1 Å². The lowest BCUT2D eigenvalue weighted by Crippen LogP contribution is -2.32. The minimum Gasteiger partial charge on any atom is -0.493 e. The summed E-state index contributed by atoms with van der Waals surface area (Å²) in [6.07, 6.45) is 0.572. The molecule has 0 saturated heterocycles. The normalized spacial score (nSPS) is 13.1. The van der Waals surface area contributed by atoms with Crippen molar-refractivity contribution in [1.29, 1.82) is 0 Å². The van der Waals surface area contributed by atoms with Crippen molar-refractivity contribution in [2.24, 2.45) is 0 Å². The lowest BCUT2D eigenvalue weighted by Gasteiger charge is -2.15. The first-order valence-electron chi connectivity index (χ1n) is 11.2. The Balaban J connectivity index is 1.40. The van der Waals surface area contributed by atoms with Gasteiger partial charge in [0.1, 0.15) is 16.5 Å². The van der Waals surface area contributed by atoms with Gasteiger partial charge < -0.3 is 20.1 Å². The molecule has 10 heteroatoms. The van der Waals surface area contributed by atoms with Gasteiger partial charge in [0.25, 0.3) is 17.7 Å². The summed E-state index contributed by atoms with van der Waals surface area (Å²) in [6.45, 7) is 0.378. The van der Waals surface area contributed by atoms with Crippen LogP contribution in [0.1, 0.15) is 15.9 Å². The van der Waals surface area contributed by atoms with E-state index in [0.717, 1.165) is 22.6 Å². The number of benzene rings is 3. The van der Waals surface area contributed by atoms with E-state index in [-0.39, 0.29) is 22.3 Å². The van der Waals surface area contributed by atoms with E-state index in [2.05, 4.69) is 10.6 Å². The van der Waals surface area contributed by atoms with Crippen molar-refractivity contribution in [3.05, 3.63) is 94.4 Å². The molecule has 0 fully saturated rings. The number of anilines is 2. The van der Waals surface area contributed by atoms with Gasteiger partial charge in [-0.2, -0.15) is 0 Å². The van der Waals surface area contributed by atoms with E-state index in [1.807, 2.05) is 12.1 Å². The molecule has 4 rings (SSSR count). The van der Waals surface area contributed by atoms with Crippen molar-refractivity contribution < 1.29 is 28.2 Å². The van der Waals surface area contributed by atoms with E-state index < -0.39 is 17.6 Å². The molecule has 3 aromatic carbocycles. The Morgan fingerprint density at radius 2 is 1.68 bits per heavy atom. The molecule has 1 aliphatic heterocycles. The van der Waals surface area contributed by atoms with E-state index in [1.165, 1.54) is 12.1 Å². The fourth-order valence-electron chi connectivity index (χ4n) is 3.78. The minimum atomic E-state index is -0.732. The zero-order valence-electron chi connectivity index (χ0n) is 20.0. The summed E-state index contributed by atoms with van der Waals surface area (Å²) in [6, 6.07) is 16.9. The maximum atomic E-state index is 13.3. The Hall–Kier alpha value is -4.37. The first-order valence-corrected chi connectivity index (χ1v) is 11.6. The van der Waals surface area contributed by atoms with Crippen molar-refractivity contribution in [2.45, 2.75) is 6.42 Å². The third kappa shape index (κ3) is 5.57. The average Bonchev–Trinajstić information content (AvgIpc) is 3.12. The molecule has 2 N–H and O–H groups in total. The number of amides is 3. The molecule has 0 bridgehead atoms. The van der Waals surface area contributed by atoms with Gasteiger partial charge in [-0.05, 0) is 66.6 Å². The molecule has 0 unspecified atom stereocenters. The second-order valence-electron chi connectivity index (χ2n) is 8.01. The molecule has 1 aliphatic rings. The van der Waals surface area contributed by atoms with Gasteiger partial charge in [0, 0.05) is 17.8 Å². The zero-order chi connectivity index (χ0) is 26.5. The van der Waals surface area contributed by atoms with Gasteiger partial charge in [-0.3, -0.25) is 14.4 Å². The predicted molar refractivity (Wildman–Crippen MR) is 137 cm³/mol. The number of carbonyl (C=O) groups is 3. The highest BCUT2D eigenvalue weighted by Gasteiger charge is 2.39. The van der Waals surface area contributed by atoms with E-state index in [0.29, 0.717) is 35.7 Å². The molecule has 3 aromatic rings. The molecule has 1 heterocycles. The summed E-state index contributed by atoms with van der Waals surface area (Å²) in [5, 5.41) is 5.39. The maximum Gasteiger partial charge on any atom is 0.283 e. The van der Waals surface area contributed by atoms with Crippen LogP contribution < -0.4 is 25.0 Å². The summed E-state index contributed by atoms with van der Waals surface area (Å²) >= 11 is 6.15. The Kier molecular flexibility index (Phi) is 7.74. The highest BCUT2D eigenvalue weighted by Crippen LogP contribution is 2.30. The number of imide groups is 1. The Bertz CT molecular complexity index is 1390. The molecule has 0 saturated carbocycles. The first kappa shape index (κ1) is 25.7. The van der Waals surface area contributed by atoms with Gasteiger partial charge in [-0.25, -0.2) is 9.29 Å². The Labute approximate surface area is 217 Å². The lowest BCUT2D eigenvalue weighted by molar-refractivity contribution is -0.120. The number of nitrogens with zero attached hydrogens (tertiary/aromatic N) is 1. The zero-order valence-corrected chi connectivity index (χ0v) is 20.8. The number of nitrogens with one attached hydrogen (secondary N) is 2. The number of hydrogen-bond acceptors (Lipinski definition) is 6. The molecular formula is C27H23ClFN3O5. The first-order chi connectivity index (χ1) is 17.8. The largest absolute Gasteiger partial charge is 0.493 e. The van der Waals surface area contributed by atoms with Crippen molar-refractivity contribution in [3.63, 3.8) is 0 Å². The maximum absolute atomic E-state index is 13.3. The Morgan fingerprint density at radius 3 is 2.38 bits per heavy atom. The van der Waals surface area contributed by atoms with Crippen LogP contribution in [-0.4, -0.2) is 38.5 Å². The number of halogens is 2. The lowest BCUT2D eigenvalue weighted by atomic mass is 10.1. The van der Waals surface area contributed by atoms with Gasteiger partial charge >= 0.3 is 0 Å². The van der Waals surface area contributed by atoms with Gasteiger partial charge in [0.2, 0.25) is 0 Å². The quantitative estimate of drug-likeness (QED) is 0.407. The summed E-state index contributed by atoms with van der Waals surface area (Å²) in [7, 11) is 3.12. The van der Waals surface area contributed by atoms with Crippen LogP contribution in [0.2, 0.25) is 0 Å². The van der Waals surface area contributed by atoms with Gasteiger partial charge in [-0.1, -0.05) is 23.7 Å². The van der Waals surface area contributed by atoms with Crippen LogP contribution >= 0.6 is 11.6 Å². The molecule has 8 nitrogen and oxygen atoms in total. The number of methoxy groups -OCH3 is 2. The minimum absolute atomic E-state index is 0.137. The molecule has 3 amide bonds. The molecule has 0 atom stereocenters. The highest BCUT2D eigenvalue weighted by molar-refractivity contribution is 6.53. The fourth-order valence-corrected chi connectivity index (χ4v) is 3.99. The predicted octanol–water partition coefficient (Wildman–Crippen LogP) is 4.25. The van der Waals surface area contributed by atoms with Crippen LogP contribution in [-0.2, 0) is 16.0 Å². The number of carbonyl (C=O) groups excluding carboxylic acids is 3. The molecule has 190 valence electrons. The second kappa shape index (κ2) is 11.1. The third-order valence-electron chi connectivity index (χ3n) is 5.65. The fraction of sp³-hybridized carbons (Fsp3) is 0.148. The van der Waals surface area contributed by atoms with E-state index in [1.54, 1.807) is 44.6 Å². The third-order valence-corrected chi connectivity index (χ3v) is 6.00. The van der Waals surface area contributed by atoms with Crippen molar-refractivity contribution in [2.75, 3.05) is 31.0 Å². The van der Waals surface area contributed by atoms with Crippen molar-refractivity contribution in [1.82, 2.24) is 5.32 Å². The smallest absolute Gasteiger partial charge is 0.283 e. The van der Waals surface area contributed by atoms with Gasteiger partial charge in [0.05, 0.1) is 19.9 Å². The topological polar surface area (TPSA) is 97.0 Å². The summed E-state index contributed by atoms with van der Waals surface area (Å²) < 4.78 is 23.8. The molecule has 37 heavy (non-hydrogen) atoms. The SMILES string of the molecule is COc1ccc(CCNC(=O)c2cccc(NC3=C(Cl)C(=O)N(c4ccc(F)cc4)C3=O)c2)cc1OC. The molecule has 0 aromatic heterocycles. The van der Waals surface area contributed by atoms with Crippen molar-refractivity contribution >= 4 is 40.7 Å². The number of rotatable bonds is 9. The molecular weight excluding hydrogens is 501 g/mol. The van der Waals surface area contributed by atoms with Crippen LogP contribution in [0.15, 0.2) is 77.5 Å². The Morgan fingerprint density at radius 1 is 0.946 bits per heavy atom. The molecule has 0 radical (unpaired) electrons. The summed E-state index contributed by atoms with van der Waals surface area (Å²) in [4.78, 5) is 39.1. The van der Waals surface area contributed by atoms with Crippen LogP contribution in [0.3, 0.4) is 0 Å².